The third kappa shape index (κ3) is 4.42. The molecule has 2 aliphatic rings. The Labute approximate surface area is 177 Å². The van der Waals surface area contributed by atoms with Gasteiger partial charge in [0.15, 0.2) is 5.69 Å². The van der Waals surface area contributed by atoms with Crippen molar-refractivity contribution < 1.29 is 14.3 Å². The number of carbonyl (C=O) groups excluding carboxylic acids is 1. The van der Waals surface area contributed by atoms with Gasteiger partial charge in [-0.05, 0) is 37.0 Å². The lowest BCUT2D eigenvalue weighted by Gasteiger charge is -2.28. The molecule has 1 saturated heterocycles. The smallest absolute Gasteiger partial charge is 0.274 e. The summed E-state index contributed by atoms with van der Waals surface area (Å²) in [5, 5.41) is 8.36. The SMILES string of the molecule is C=CCn1nc(C(=O)N2CCOCC2)c2c1CCC(NCc1cccc(OC)c1)C2. The highest BCUT2D eigenvalue weighted by molar-refractivity contribution is 5.94. The van der Waals surface area contributed by atoms with E-state index in [1.165, 1.54) is 11.3 Å². The van der Waals surface area contributed by atoms with Crippen molar-refractivity contribution in [3.8, 4) is 5.75 Å². The minimum absolute atomic E-state index is 0.0193. The van der Waals surface area contributed by atoms with E-state index in [1.54, 1.807) is 7.11 Å². The number of methoxy groups -OCH3 is 1. The van der Waals surface area contributed by atoms with Crippen LogP contribution >= 0.6 is 0 Å². The van der Waals surface area contributed by atoms with Crippen LogP contribution in [-0.4, -0.2) is 60.0 Å². The van der Waals surface area contributed by atoms with E-state index in [-0.39, 0.29) is 5.91 Å². The van der Waals surface area contributed by atoms with Gasteiger partial charge < -0.3 is 19.7 Å². The van der Waals surface area contributed by atoms with E-state index in [0.29, 0.717) is 44.6 Å². The van der Waals surface area contributed by atoms with Gasteiger partial charge in [0.25, 0.3) is 5.91 Å². The normalized spacial score (nSPS) is 18.7. The second-order valence-electron chi connectivity index (χ2n) is 7.82. The van der Waals surface area contributed by atoms with Gasteiger partial charge in [-0.2, -0.15) is 5.10 Å². The number of aromatic nitrogens is 2. The van der Waals surface area contributed by atoms with Gasteiger partial charge in [0, 0.05) is 36.9 Å². The molecule has 1 aromatic carbocycles. The summed E-state index contributed by atoms with van der Waals surface area (Å²) in [4.78, 5) is 15.0. The number of hydrogen-bond donors (Lipinski definition) is 1. The molecule has 160 valence electrons. The maximum absolute atomic E-state index is 13.2. The molecule has 2 heterocycles. The van der Waals surface area contributed by atoms with Gasteiger partial charge in [-0.15, -0.1) is 6.58 Å². The number of ether oxygens (including phenoxy) is 2. The molecule has 1 amide bonds. The first-order chi connectivity index (χ1) is 14.7. The van der Waals surface area contributed by atoms with Crippen molar-refractivity contribution in [3.63, 3.8) is 0 Å². The Kier molecular flexibility index (Phi) is 6.50. The van der Waals surface area contributed by atoms with Gasteiger partial charge in [0.05, 0.1) is 26.9 Å². The third-order valence-corrected chi connectivity index (χ3v) is 5.88. The fourth-order valence-electron chi connectivity index (χ4n) is 4.27. The summed E-state index contributed by atoms with van der Waals surface area (Å²) in [6.45, 7) is 7.67. The van der Waals surface area contributed by atoms with Gasteiger partial charge >= 0.3 is 0 Å². The van der Waals surface area contributed by atoms with Crippen molar-refractivity contribution in [2.45, 2.75) is 38.4 Å². The molecule has 0 bridgehead atoms. The molecule has 0 radical (unpaired) electrons. The van der Waals surface area contributed by atoms with Crippen LogP contribution in [0.25, 0.3) is 0 Å². The Morgan fingerprint density at radius 3 is 3.00 bits per heavy atom. The number of fused-ring (bicyclic) bond motifs is 1. The Morgan fingerprint density at radius 2 is 2.23 bits per heavy atom. The number of nitrogens with one attached hydrogen (secondary N) is 1. The summed E-state index contributed by atoms with van der Waals surface area (Å²) in [7, 11) is 1.68. The van der Waals surface area contributed by atoms with E-state index < -0.39 is 0 Å². The summed E-state index contributed by atoms with van der Waals surface area (Å²) >= 11 is 0. The Bertz CT molecular complexity index is 902. The zero-order valence-electron chi connectivity index (χ0n) is 17.6. The van der Waals surface area contributed by atoms with Crippen molar-refractivity contribution in [3.05, 3.63) is 59.4 Å². The maximum atomic E-state index is 13.2. The van der Waals surface area contributed by atoms with Crippen molar-refractivity contribution >= 4 is 5.91 Å². The van der Waals surface area contributed by atoms with Gasteiger partial charge in [-0.25, -0.2) is 0 Å². The number of rotatable bonds is 7. The number of allylic oxidation sites excluding steroid dienone is 1. The summed E-state index contributed by atoms with van der Waals surface area (Å²) in [6, 6.07) is 8.42. The van der Waals surface area contributed by atoms with Crippen molar-refractivity contribution in [1.29, 1.82) is 0 Å². The molecule has 1 atom stereocenters. The largest absolute Gasteiger partial charge is 0.497 e. The predicted molar refractivity (Wildman–Crippen MR) is 115 cm³/mol. The van der Waals surface area contributed by atoms with Gasteiger partial charge in [0.2, 0.25) is 0 Å². The lowest BCUT2D eigenvalue weighted by Crippen LogP contribution is -2.41. The maximum Gasteiger partial charge on any atom is 0.274 e. The van der Waals surface area contributed by atoms with Crippen LogP contribution in [0.5, 0.6) is 5.75 Å². The topological polar surface area (TPSA) is 68.6 Å². The van der Waals surface area contributed by atoms with Crippen LogP contribution in [0.2, 0.25) is 0 Å². The zero-order valence-corrected chi connectivity index (χ0v) is 17.6. The Balaban J connectivity index is 1.50. The molecule has 1 N–H and O–H groups in total. The number of hydrogen-bond acceptors (Lipinski definition) is 5. The molecule has 0 spiro atoms. The number of morpholine rings is 1. The predicted octanol–water partition coefficient (Wildman–Crippen LogP) is 2.20. The Hall–Kier alpha value is -2.64. The van der Waals surface area contributed by atoms with Crippen LogP contribution < -0.4 is 10.1 Å². The number of nitrogens with zero attached hydrogens (tertiary/aromatic N) is 3. The lowest BCUT2D eigenvalue weighted by atomic mass is 9.90. The molecule has 7 heteroatoms. The van der Waals surface area contributed by atoms with Crippen molar-refractivity contribution in [2.75, 3.05) is 33.4 Å². The van der Waals surface area contributed by atoms with Crippen LogP contribution in [0.3, 0.4) is 0 Å². The average molecular weight is 411 g/mol. The molecule has 4 rings (SSSR count). The number of amides is 1. The minimum Gasteiger partial charge on any atom is -0.497 e. The van der Waals surface area contributed by atoms with E-state index in [4.69, 9.17) is 14.6 Å². The van der Waals surface area contributed by atoms with Crippen LogP contribution in [0, 0.1) is 0 Å². The zero-order chi connectivity index (χ0) is 20.9. The molecule has 1 fully saturated rings. The summed E-state index contributed by atoms with van der Waals surface area (Å²) in [6.07, 6.45) is 4.57. The molecule has 30 heavy (non-hydrogen) atoms. The minimum atomic E-state index is 0.0193. The first kappa shape index (κ1) is 20.6. The third-order valence-electron chi connectivity index (χ3n) is 5.88. The highest BCUT2D eigenvalue weighted by Gasteiger charge is 2.31. The van der Waals surface area contributed by atoms with Crippen LogP contribution in [-0.2, 0) is 30.7 Å². The van der Waals surface area contributed by atoms with E-state index in [9.17, 15) is 4.79 Å². The summed E-state index contributed by atoms with van der Waals surface area (Å²) in [5.74, 6) is 0.884. The number of carbonyl (C=O) groups is 1. The lowest BCUT2D eigenvalue weighted by molar-refractivity contribution is 0.0297. The quantitative estimate of drug-likeness (QED) is 0.709. The summed E-state index contributed by atoms with van der Waals surface area (Å²) in [5.41, 5.74) is 4.04. The molecule has 1 unspecified atom stereocenters. The Morgan fingerprint density at radius 1 is 1.40 bits per heavy atom. The van der Waals surface area contributed by atoms with E-state index in [2.05, 4.69) is 24.0 Å². The van der Waals surface area contributed by atoms with Crippen LogP contribution in [0.1, 0.15) is 33.7 Å². The second kappa shape index (κ2) is 9.45. The molecule has 0 saturated carbocycles. The van der Waals surface area contributed by atoms with Crippen LogP contribution in [0.15, 0.2) is 36.9 Å². The molecule has 2 aromatic rings. The van der Waals surface area contributed by atoms with Crippen LogP contribution in [0.4, 0.5) is 0 Å². The fraction of sp³-hybridized carbons (Fsp3) is 0.478. The van der Waals surface area contributed by atoms with Gasteiger partial charge in [0.1, 0.15) is 5.75 Å². The van der Waals surface area contributed by atoms with E-state index >= 15 is 0 Å². The molecule has 1 aliphatic carbocycles. The first-order valence-electron chi connectivity index (χ1n) is 10.6. The van der Waals surface area contributed by atoms with E-state index in [0.717, 1.165) is 37.1 Å². The van der Waals surface area contributed by atoms with Crippen molar-refractivity contribution in [2.24, 2.45) is 0 Å². The van der Waals surface area contributed by atoms with Crippen molar-refractivity contribution in [1.82, 2.24) is 20.0 Å². The molecular formula is C23H30N4O3. The van der Waals surface area contributed by atoms with E-state index in [1.807, 2.05) is 27.8 Å². The standard InChI is InChI=1S/C23H30N4O3/c1-3-9-27-21-8-7-18(24-16-17-5-4-6-19(14-17)29-2)15-20(21)22(25-27)23(28)26-10-12-30-13-11-26/h3-6,14,18,24H,1,7-13,15-16H2,2H3. The highest BCUT2D eigenvalue weighted by Crippen LogP contribution is 2.27. The molecule has 1 aromatic heterocycles. The fourth-order valence-corrected chi connectivity index (χ4v) is 4.27. The van der Waals surface area contributed by atoms with Gasteiger partial charge in [-0.3, -0.25) is 9.48 Å². The second-order valence-corrected chi connectivity index (χ2v) is 7.82. The number of benzene rings is 1. The molecular weight excluding hydrogens is 380 g/mol. The average Bonchev–Trinajstić information content (AvgIpc) is 3.16. The molecule has 7 nitrogen and oxygen atoms in total. The summed E-state index contributed by atoms with van der Waals surface area (Å²) < 4.78 is 12.7. The monoisotopic (exact) mass is 410 g/mol. The first-order valence-corrected chi connectivity index (χ1v) is 10.6. The highest BCUT2D eigenvalue weighted by atomic mass is 16.5. The van der Waals surface area contributed by atoms with Gasteiger partial charge in [-0.1, -0.05) is 18.2 Å². The molecule has 1 aliphatic heterocycles.